The number of aryl methyl sites for hydroxylation is 2. The average molecular weight is 511 g/mol. The minimum atomic E-state index is -0.321. The van der Waals surface area contributed by atoms with Gasteiger partial charge in [0.2, 0.25) is 12.7 Å². The maximum atomic E-state index is 13.5. The van der Waals surface area contributed by atoms with Gasteiger partial charge in [0.25, 0.3) is 5.91 Å². The highest BCUT2D eigenvalue weighted by atomic mass is 16.7. The van der Waals surface area contributed by atoms with Crippen LogP contribution in [0.3, 0.4) is 0 Å². The number of nitrogens with zero attached hydrogens (tertiary/aromatic N) is 3. The van der Waals surface area contributed by atoms with Crippen LogP contribution in [0.5, 0.6) is 11.5 Å². The Kier molecular flexibility index (Phi) is 6.87. The number of carbonyl (C=O) groups excluding carboxylic acids is 2. The Hall–Kier alpha value is -4.59. The van der Waals surface area contributed by atoms with Gasteiger partial charge < -0.3 is 19.7 Å². The Bertz CT molecular complexity index is 1480. The molecule has 3 aromatic carbocycles. The van der Waals surface area contributed by atoms with Gasteiger partial charge in [-0.1, -0.05) is 48.0 Å². The van der Waals surface area contributed by atoms with Gasteiger partial charge in [-0.3, -0.25) is 9.59 Å². The molecule has 1 aliphatic rings. The number of hydrogen-bond acceptors (Lipinski definition) is 5. The van der Waals surface area contributed by atoms with Crippen molar-refractivity contribution in [1.82, 2.24) is 14.7 Å². The molecule has 2 amide bonds. The van der Waals surface area contributed by atoms with E-state index in [-0.39, 0.29) is 31.2 Å². The van der Waals surface area contributed by atoms with E-state index in [2.05, 4.69) is 5.32 Å². The zero-order chi connectivity index (χ0) is 26.8. The van der Waals surface area contributed by atoms with Crippen LogP contribution in [0.4, 0.5) is 5.82 Å². The molecular formula is C30H30N4O4. The smallest absolute Gasteiger partial charge is 0.254 e. The number of nitrogens with one attached hydrogen (secondary N) is 1. The van der Waals surface area contributed by atoms with Crippen molar-refractivity contribution in [3.63, 3.8) is 0 Å². The lowest BCUT2D eigenvalue weighted by Gasteiger charge is -2.26. The summed E-state index contributed by atoms with van der Waals surface area (Å²) in [6.07, 6.45) is 0. The molecule has 0 atom stereocenters. The molecule has 5 rings (SSSR count). The third-order valence-electron chi connectivity index (χ3n) is 6.48. The molecule has 8 heteroatoms. The zero-order valence-electron chi connectivity index (χ0n) is 21.9. The Morgan fingerprint density at radius 1 is 0.974 bits per heavy atom. The molecule has 4 aromatic rings. The van der Waals surface area contributed by atoms with Crippen molar-refractivity contribution in [2.75, 3.05) is 18.7 Å². The van der Waals surface area contributed by atoms with Crippen LogP contribution < -0.4 is 14.8 Å². The van der Waals surface area contributed by atoms with Crippen molar-refractivity contribution in [2.45, 2.75) is 33.7 Å². The first-order valence-corrected chi connectivity index (χ1v) is 12.5. The summed E-state index contributed by atoms with van der Waals surface area (Å²) < 4.78 is 12.5. The van der Waals surface area contributed by atoms with Crippen molar-refractivity contribution >= 4 is 17.6 Å². The molecule has 1 aliphatic heterocycles. The fourth-order valence-electron chi connectivity index (χ4n) is 4.48. The summed E-state index contributed by atoms with van der Waals surface area (Å²) >= 11 is 0. The highest BCUT2D eigenvalue weighted by Gasteiger charge is 2.26. The fraction of sp³-hybridized carbons (Fsp3) is 0.233. The molecule has 0 bridgehead atoms. The summed E-state index contributed by atoms with van der Waals surface area (Å²) in [5.74, 6) is 1.09. The topological polar surface area (TPSA) is 85.7 Å². The van der Waals surface area contributed by atoms with Crippen molar-refractivity contribution in [2.24, 2.45) is 0 Å². The monoisotopic (exact) mass is 510 g/mol. The minimum absolute atomic E-state index is 0.126. The summed E-state index contributed by atoms with van der Waals surface area (Å²) in [5, 5.41) is 7.83. The lowest BCUT2D eigenvalue weighted by Crippen LogP contribution is -2.42. The number of anilines is 1. The summed E-state index contributed by atoms with van der Waals surface area (Å²) in [7, 11) is 0. The van der Waals surface area contributed by atoms with Crippen molar-refractivity contribution in [3.05, 3.63) is 89.6 Å². The summed E-state index contributed by atoms with van der Waals surface area (Å²) in [6.45, 7) is 7.71. The molecule has 0 radical (unpaired) electrons. The Morgan fingerprint density at radius 3 is 2.39 bits per heavy atom. The Balaban J connectivity index is 1.46. The van der Waals surface area contributed by atoms with E-state index in [9.17, 15) is 9.59 Å². The molecule has 38 heavy (non-hydrogen) atoms. The van der Waals surface area contributed by atoms with Crippen LogP contribution >= 0.6 is 0 Å². The normalized spacial score (nSPS) is 12.0. The van der Waals surface area contributed by atoms with Crippen LogP contribution in [0.1, 0.15) is 35.5 Å². The van der Waals surface area contributed by atoms with E-state index in [1.165, 1.54) is 4.90 Å². The third-order valence-corrected chi connectivity index (χ3v) is 6.48. The molecule has 0 unspecified atom stereocenters. The van der Waals surface area contributed by atoms with Crippen molar-refractivity contribution < 1.29 is 19.1 Å². The third kappa shape index (κ3) is 4.98. The van der Waals surface area contributed by atoms with E-state index in [0.29, 0.717) is 22.9 Å². The summed E-state index contributed by atoms with van der Waals surface area (Å²) in [4.78, 5) is 28.4. The second-order valence-corrected chi connectivity index (χ2v) is 9.57. The number of aromatic nitrogens is 2. The molecule has 0 saturated carbocycles. The van der Waals surface area contributed by atoms with Gasteiger partial charge >= 0.3 is 0 Å². The molecule has 8 nitrogen and oxygen atoms in total. The van der Waals surface area contributed by atoms with Crippen molar-refractivity contribution in [3.8, 4) is 28.3 Å². The van der Waals surface area contributed by atoms with Gasteiger partial charge in [0.15, 0.2) is 11.5 Å². The predicted molar refractivity (Wildman–Crippen MR) is 146 cm³/mol. The van der Waals surface area contributed by atoms with Gasteiger partial charge in [0.1, 0.15) is 12.4 Å². The van der Waals surface area contributed by atoms with E-state index in [0.717, 1.165) is 28.1 Å². The first-order valence-electron chi connectivity index (χ1n) is 12.5. The second-order valence-electron chi connectivity index (χ2n) is 9.57. The summed E-state index contributed by atoms with van der Waals surface area (Å²) in [6, 6.07) is 22.6. The summed E-state index contributed by atoms with van der Waals surface area (Å²) in [5.41, 5.74) is 4.94. The van der Waals surface area contributed by atoms with Crippen LogP contribution in [0.15, 0.2) is 72.8 Å². The van der Waals surface area contributed by atoms with Gasteiger partial charge in [-0.15, -0.1) is 0 Å². The largest absolute Gasteiger partial charge is 0.454 e. The van der Waals surface area contributed by atoms with Crippen LogP contribution in [-0.4, -0.2) is 45.9 Å². The number of rotatable bonds is 7. The molecule has 194 valence electrons. The van der Waals surface area contributed by atoms with E-state index in [1.54, 1.807) is 22.9 Å². The fourth-order valence-corrected chi connectivity index (χ4v) is 4.48. The lowest BCUT2D eigenvalue weighted by molar-refractivity contribution is -0.117. The standard InChI is InChI=1S/C30H30N4O4/c1-19(2)33(30(36)23-12-15-25-26(16-23)38-18-37-25)17-27(35)31-29-28(22-8-6-5-7-9-22)21(4)32-34(29)24-13-10-20(3)11-14-24/h5-16,19H,17-18H2,1-4H3,(H,31,35). The number of fused-ring (bicyclic) bond motifs is 1. The van der Waals surface area contributed by atoms with E-state index in [1.807, 2.05) is 82.3 Å². The van der Waals surface area contributed by atoms with Crippen LogP contribution in [0, 0.1) is 13.8 Å². The molecule has 0 saturated heterocycles. The number of amides is 2. The van der Waals surface area contributed by atoms with E-state index >= 15 is 0 Å². The number of hydrogen-bond donors (Lipinski definition) is 1. The molecule has 0 fully saturated rings. The van der Waals surface area contributed by atoms with Crippen molar-refractivity contribution in [1.29, 1.82) is 0 Å². The molecule has 2 heterocycles. The molecule has 0 aliphatic carbocycles. The predicted octanol–water partition coefficient (Wildman–Crippen LogP) is 5.37. The SMILES string of the molecule is Cc1ccc(-n2nc(C)c(-c3ccccc3)c2NC(=O)CN(C(=O)c2ccc3c(c2)OCO3)C(C)C)cc1. The van der Waals surface area contributed by atoms with Gasteiger partial charge in [-0.05, 0) is 63.6 Å². The first kappa shape index (κ1) is 25.1. The molecule has 1 N–H and O–H groups in total. The van der Waals surface area contributed by atoms with Gasteiger partial charge in [0, 0.05) is 17.2 Å². The number of ether oxygens (including phenoxy) is 2. The van der Waals surface area contributed by atoms with Crippen LogP contribution in [-0.2, 0) is 4.79 Å². The molecule has 1 aromatic heterocycles. The average Bonchev–Trinajstić information content (AvgIpc) is 3.51. The maximum absolute atomic E-state index is 13.5. The first-order chi connectivity index (χ1) is 18.3. The van der Waals surface area contributed by atoms with Gasteiger partial charge in [-0.25, -0.2) is 4.68 Å². The molecule has 0 spiro atoms. The maximum Gasteiger partial charge on any atom is 0.254 e. The number of carbonyl (C=O) groups is 2. The highest BCUT2D eigenvalue weighted by molar-refractivity contribution is 6.01. The Labute approximate surface area is 221 Å². The number of benzene rings is 3. The highest BCUT2D eigenvalue weighted by Crippen LogP contribution is 2.34. The zero-order valence-corrected chi connectivity index (χ0v) is 21.9. The van der Waals surface area contributed by atoms with E-state index < -0.39 is 0 Å². The van der Waals surface area contributed by atoms with Gasteiger partial charge in [0.05, 0.1) is 11.4 Å². The van der Waals surface area contributed by atoms with Crippen LogP contribution in [0.2, 0.25) is 0 Å². The second kappa shape index (κ2) is 10.4. The van der Waals surface area contributed by atoms with Gasteiger partial charge in [-0.2, -0.15) is 5.10 Å². The molecular weight excluding hydrogens is 480 g/mol. The van der Waals surface area contributed by atoms with Crippen LogP contribution in [0.25, 0.3) is 16.8 Å². The minimum Gasteiger partial charge on any atom is -0.454 e. The lowest BCUT2D eigenvalue weighted by atomic mass is 10.1. The Morgan fingerprint density at radius 2 is 1.68 bits per heavy atom. The quantitative estimate of drug-likeness (QED) is 0.361. The van der Waals surface area contributed by atoms with E-state index in [4.69, 9.17) is 14.6 Å².